The molecule has 30 heavy (non-hydrogen) atoms. The Hall–Kier alpha value is -3.51. The van der Waals surface area contributed by atoms with Crippen molar-refractivity contribution in [2.24, 2.45) is 0 Å². The van der Waals surface area contributed by atoms with Gasteiger partial charge in [-0.2, -0.15) is 5.10 Å². The molecular formula is C24H23N5O. The van der Waals surface area contributed by atoms with E-state index in [4.69, 9.17) is 0 Å². The number of fused-ring (bicyclic) bond motifs is 1. The molecule has 150 valence electrons. The fraction of sp³-hybridized carbons (Fsp3) is 0.208. The smallest absolute Gasteiger partial charge is 0.276 e. The number of carbonyl (C=O) groups excluding carboxylic acids is 1. The molecule has 1 amide bonds. The number of nitrogens with zero attached hydrogens (tertiary/aromatic N) is 3. The molecule has 1 fully saturated rings. The van der Waals surface area contributed by atoms with Gasteiger partial charge in [0.15, 0.2) is 5.69 Å². The van der Waals surface area contributed by atoms with Crippen LogP contribution in [0.1, 0.15) is 28.9 Å². The van der Waals surface area contributed by atoms with E-state index in [9.17, 15) is 4.79 Å². The lowest BCUT2D eigenvalue weighted by Crippen LogP contribution is -2.18. The standard InChI is InChI=1S/C24H23N5O/c30-24(26-20-8-5-17(6-9-20)16-29-12-1-2-13-29)23-21-14-18(7-10-22(21)27-28-23)19-4-3-11-25-15-19/h3-11,14-15H,1-2,12-13,16H2,(H,26,30)(H,27,28). The minimum Gasteiger partial charge on any atom is -0.321 e. The van der Waals surface area contributed by atoms with Crippen LogP contribution in [0.2, 0.25) is 0 Å². The zero-order valence-corrected chi connectivity index (χ0v) is 16.6. The van der Waals surface area contributed by atoms with Gasteiger partial charge in [-0.3, -0.25) is 19.8 Å². The fourth-order valence-corrected chi connectivity index (χ4v) is 3.98. The lowest BCUT2D eigenvalue weighted by Gasteiger charge is -2.14. The average Bonchev–Trinajstić information content (AvgIpc) is 3.45. The molecule has 0 atom stereocenters. The second-order valence-corrected chi connectivity index (χ2v) is 7.71. The Morgan fingerprint density at radius 2 is 1.87 bits per heavy atom. The molecule has 1 saturated heterocycles. The first kappa shape index (κ1) is 18.5. The second-order valence-electron chi connectivity index (χ2n) is 7.71. The number of nitrogens with one attached hydrogen (secondary N) is 2. The Kier molecular flexibility index (Phi) is 4.99. The quantitative estimate of drug-likeness (QED) is 0.521. The summed E-state index contributed by atoms with van der Waals surface area (Å²) in [5, 5.41) is 11.0. The number of H-pyrrole nitrogens is 1. The summed E-state index contributed by atoms with van der Waals surface area (Å²) in [6, 6.07) is 17.9. The number of aromatic nitrogens is 3. The molecule has 4 aromatic rings. The maximum atomic E-state index is 12.9. The van der Waals surface area contributed by atoms with Crippen LogP contribution in [0.4, 0.5) is 5.69 Å². The van der Waals surface area contributed by atoms with E-state index >= 15 is 0 Å². The molecule has 3 heterocycles. The highest BCUT2D eigenvalue weighted by molar-refractivity contribution is 6.11. The van der Waals surface area contributed by atoms with Crippen LogP contribution in [0.25, 0.3) is 22.0 Å². The molecule has 1 aliphatic rings. The molecule has 5 rings (SSSR count). The van der Waals surface area contributed by atoms with Crippen LogP contribution in [-0.2, 0) is 6.54 Å². The van der Waals surface area contributed by atoms with Gasteiger partial charge < -0.3 is 5.32 Å². The number of hydrogen-bond donors (Lipinski definition) is 2. The number of aromatic amines is 1. The molecule has 0 saturated carbocycles. The van der Waals surface area contributed by atoms with E-state index in [1.165, 1.54) is 31.5 Å². The number of pyridine rings is 1. The highest BCUT2D eigenvalue weighted by Crippen LogP contribution is 2.25. The van der Waals surface area contributed by atoms with Crippen LogP contribution in [0.5, 0.6) is 0 Å². The summed E-state index contributed by atoms with van der Waals surface area (Å²) < 4.78 is 0. The number of anilines is 1. The maximum absolute atomic E-state index is 12.9. The summed E-state index contributed by atoms with van der Waals surface area (Å²) in [7, 11) is 0. The minimum atomic E-state index is -0.225. The molecule has 2 aromatic heterocycles. The third kappa shape index (κ3) is 3.82. The molecule has 0 unspecified atom stereocenters. The monoisotopic (exact) mass is 397 g/mol. The average molecular weight is 397 g/mol. The Bertz CT molecular complexity index is 1160. The Labute approximate surface area is 174 Å². The van der Waals surface area contributed by atoms with Crippen molar-refractivity contribution in [2.75, 3.05) is 18.4 Å². The van der Waals surface area contributed by atoms with E-state index in [0.717, 1.165) is 34.3 Å². The fourth-order valence-electron chi connectivity index (χ4n) is 3.98. The lowest BCUT2D eigenvalue weighted by molar-refractivity contribution is 0.102. The number of hydrogen-bond acceptors (Lipinski definition) is 4. The normalized spacial score (nSPS) is 14.3. The van der Waals surface area contributed by atoms with Gasteiger partial charge in [0.05, 0.1) is 5.52 Å². The molecule has 1 aliphatic heterocycles. The molecule has 0 aliphatic carbocycles. The highest BCUT2D eigenvalue weighted by atomic mass is 16.1. The number of benzene rings is 2. The summed E-state index contributed by atoms with van der Waals surface area (Å²) in [4.78, 5) is 19.5. The van der Waals surface area contributed by atoms with Gasteiger partial charge >= 0.3 is 0 Å². The summed E-state index contributed by atoms with van der Waals surface area (Å²) in [6.45, 7) is 3.31. The van der Waals surface area contributed by atoms with E-state index in [0.29, 0.717) is 5.69 Å². The maximum Gasteiger partial charge on any atom is 0.276 e. The van der Waals surface area contributed by atoms with Gasteiger partial charge in [-0.05, 0) is 67.4 Å². The van der Waals surface area contributed by atoms with Gasteiger partial charge in [0.1, 0.15) is 0 Å². The van der Waals surface area contributed by atoms with Gasteiger partial charge in [0, 0.05) is 35.6 Å². The van der Waals surface area contributed by atoms with Crippen molar-refractivity contribution in [3.8, 4) is 11.1 Å². The first-order valence-corrected chi connectivity index (χ1v) is 10.3. The van der Waals surface area contributed by atoms with Crippen molar-refractivity contribution in [3.63, 3.8) is 0 Å². The van der Waals surface area contributed by atoms with E-state index in [-0.39, 0.29) is 5.91 Å². The van der Waals surface area contributed by atoms with Crippen molar-refractivity contribution in [1.82, 2.24) is 20.1 Å². The predicted molar refractivity (Wildman–Crippen MR) is 118 cm³/mol. The van der Waals surface area contributed by atoms with Gasteiger partial charge in [-0.1, -0.05) is 24.3 Å². The third-order valence-electron chi connectivity index (χ3n) is 5.59. The van der Waals surface area contributed by atoms with Crippen LogP contribution in [-0.4, -0.2) is 39.1 Å². The van der Waals surface area contributed by atoms with Gasteiger partial charge in [-0.25, -0.2) is 0 Å². The molecule has 6 heteroatoms. The molecule has 6 nitrogen and oxygen atoms in total. The Balaban J connectivity index is 1.34. The highest BCUT2D eigenvalue weighted by Gasteiger charge is 2.16. The zero-order chi connectivity index (χ0) is 20.3. The molecule has 2 N–H and O–H groups in total. The second kappa shape index (κ2) is 8.08. The molecule has 0 spiro atoms. The van der Waals surface area contributed by atoms with Crippen molar-refractivity contribution in [1.29, 1.82) is 0 Å². The lowest BCUT2D eigenvalue weighted by atomic mass is 10.0. The van der Waals surface area contributed by atoms with Crippen LogP contribution in [0.15, 0.2) is 67.0 Å². The van der Waals surface area contributed by atoms with Gasteiger partial charge in [0.25, 0.3) is 5.91 Å². The SMILES string of the molecule is O=C(Nc1ccc(CN2CCCC2)cc1)c1n[nH]c2ccc(-c3cccnc3)cc12. The predicted octanol–water partition coefficient (Wildman–Crippen LogP) is 4.47. The first-order valence-electron chi connectivity index (χ1n) is 10.3. The van der Waals surface area contributed by atoms with Gasteiger partial charge in [-0.15, -0.1) is 0 Å². The number of likely N-dealkylation sites (tertiary alicyclic amines) is 1. The van der Waals surface area contributed by atoms with E-state index in [1.807, 2.05) is 48.7 Å². The van der Waals surface area contributed by atoms with Crippen molar-refractivity contribution in [3.05, 3.63) is 78.2 Å². The van der Waals surface area contributed by atoms with E-state index in [2.05, 4.69) is 37.5 Å². The number of rotatable bonds is 5. The Morgan fingerprint density at radius 1 is 1.03 bits per heavy atom. The number of carbonyl (C=O) groups is 1. The van der Waals surface area contributed by atoms with Crippen molar-refractivity contribution >= 4 is 22.5 Å². The Morgan fingerprint density at radius 3 is 2.63 bits per heavy atom. The summed E-state index contributed by atoms with van der Waals surface area (Å²) in [6.07, 6.45) is 6.13. The van der Waals surface area contributed by atoms with Crippen LogP contribution in [0.3, 0.4) is 0 Å². The summed E-state index contributed by atoms with van der Waals surface area (Å²) >= 11 is 0. The van der Waals surface area contributed by atoms with Gasteiger partial charge in [0.2, 0.25) is 0 Å². The van der Waals surface area contributed by atoms with Crippen LogP contribution < -0.4 is 5.32 Å². The largest absolute Gasteiger partial charge is 0.321 e. The molecule has 2 aromatic carbocycles. The van der Waals surface area contributed by atoms with Crippen molar-refractivity contribution in [2.45, 2.75) is 19.4 Å². The summed E-state index contributed by atoms with van der Waals surface area (Å²) in [5.41, 5.74) is 5.24. The number of amides is 1. The van der Waals surface area contributed by atoms with E-state index < -0.39 is 0 Å². The topological polar surface area (TPSA) is 73.9 Å². The molecular weight excluding hydrogens is 374 g/mol. The third-order valence-corrected chi connectivity index (χ3v) is 5.59. The minimum absolute atomic E-state index is 0.225. The molecule has 0 radical (unpaired) electrons. The molecule has 0 bridgehead atoms. The van der Waals surface area contributed by atoms with Crippen LogP contribution >= 0.6 is 0 Å². The zero-order valence-electron chi connectivity index (χ0n) is 16.6. The summed E-state index contributed by atoms with van der Waals surface area (Å²) in [5.74, 6) is -0.225. The van der Waals surface area contributed by atoms with E-state index in [1.54, 1.807) is 6.20 Å². The van der Waals surface area contributed by atoms with Crippen molar-refractivity contribution < 1.29 is 4.79 Å². The van der Waals surface area contributed by atoms with Crippen LogP contribution in [0, 0.1) is 0 Å². The first-order chi connectivity index (χ1) is 14.8.